The van der Waals surface area contributed by atoms with Crippen molar-refractivity contribution in [3.05, 3.63) is 81.9 Å². The van der Waals surface area contributed by atoms with Gasteiger partial charge in [0.25, 0.3) is 11.8 Å². The van der Waals surface area contributed by atoms with Crippen molar-refractivity contribution in [1.82, 2.24) is 24.7 Å². The summed E-state index contributed by atoms with van der Waals surface area (Å²) in [5.74, 6) is 0.00848. The normalized spacial score (nSPS) is 16.3. The number of fused-ring (bicyclic) bond motifs is 2. The van der Waals surface area contributed by atoms with Crippen molar-refractivity contribution in [2.45, 2.75) is 25.2 Å². The van der Waals surface area contributed by atoms with E-state index in [1.165, 1.54) is 0 Å². The predicted octanol–water partition coefficient (Wildman–Crippen LogP) is 2.49. The van der Waals surface area contributed by atoms with Gasteiger partial charge < -0.3 is 25.3 Å². The van der Waals surface area contributed by atoms with Crippen molar-refractivity contribution in [1.29, 1.82) is 0 Å². The molecule has 0 saturated carbocycles. The van der Waals surface area contributed by atoms with Crippen LogP contribution in [0.5, 0.6) is 0 Å². The third-order valence-corrected chi connectivity index (χ3v) is 7.13. The minimum Gasteiger partial charge on any atom is -0.399 e. The van der Waals surface area contributed by atoms with Gasteiger partial charge in [-0.3, -0.25) is 14.5 Å². The van der Waals surface area contributed by atoms with Crippen LogP contribution >= 0.6 is 11.6 Å². The average molecular weight is 509 g/mol. The van der Waals surface area contributed by atoms with Gasteiger partial charge in [-0.05, 0) is 35.4 Å². The van der Waals surface area contributed by atoms with Gasteiger partial charge in [0.15, 0.2) is 5.15 Å². The maximum atomic E-state index is 13.0. The number of rotatable bonds is 6. The molecule has 3 heterocycles. The van der Waals surface area contributed by atoms with Crippen LogP contribution in [0.15, 0.2) is 48.5 Å². The van der Waals surface area contributed by atoms with Crippen molar-refractivity contribution in [2.24, 2.45) is 0 Å². The smallest absolute Gasteiger partial charge is 0.287 e. The lowest BCUT2D eigenvalue weighted by molar-refractivity contribution is -0.162. The highest BCUT2D eigenvalue weighted by Crippen LogP contribution is 2.43. The fraction of sp³-hybridized carbons (Fsp3) is 0.346. The lowest BCUT2D eigenvalue weighted by atomic mass is 9.88. The summed E-state index contributed by atoms with van der Waals surface area (Å²) in [6.07, 6.45) is 0. The molecule has 188 valence electrons. The van der Waals surface area contributed by atoms with Crippen molar-refractivity contribution in [3.8, 4) is 0 Å². The van der Waals surface area contributed by atoms with Crippen LogP contribution in [0.2, 0.25) is 5.15 Å². The summed E-state index contributed by atoms with van der Waals surface area (Å²) in [4.78, 5) is 33.6. The maximum absolute atomic E-state index is 13.0. The Labute approximate surface area is 214 Å². The second-order valence-electron chi connectivity index (χ2n) is 9.49. The van der Waals surface area contributed by atoms with Gasteiger partial charge in [0, 0.05) is 51.5 Å². The quantitative estimate of drug-likeness (QED) is 0.496. The molecule has 2 aliphatic heterocycles. The number of anilines is 1. The van der Waals surface area contributed by atoms with Crippen molar-refractivity contribution in [2.75, 3.05) is 39.6 Å². The number of hydrogen-bond acceptors (Lipinski definition) is 6. The number of hydrogen-bond donors (Lipinski definition) is 2. The van der Waals surface area contributed by atoms with Crippen molar-refractivity contribution < 1.29 is 14.3 Å². The number of amides is 2. The number of nitrogen functional groups attached to an aromatic ring is 1. The summed E-state index contributed by atoms with van der Waals surface area (Å²) in [5.41, 5.74) is 9.47. The van der Waals surface area contributed by atoms with E-state index in [1.807, 2.05) is 41.0 Å². The number of carbonyl (C=O) groups is 2. The SMILES string of the molecule is CN(C)C(=O)c1ccc(CN2CCn3c(C(=O)NCc4ccc(N)cc4)nc(Cl)c3C23COC3)cc1. The lowest BCUT2D eigenvalue weighted by Crippen LogP contribution is -2.63. The van der Waals surface area contributed by atoms with Gasteiger partial charge in [-0.15, -0.1) is 0 Å². The molecule has 2 amide bonds. The van der Waals surface area contributed by atoms with Crippen LogP contribution in [0, 0.1) is 0 Å². The van der Waals surface area contributed by atoms with Crippen LogP contribution in [-0.2, 0) is 29.9 Å². The molecule has 2 aromatic carbocycles. The van der Waals surface area contributed by atoms with E-state index in [9.17, 15) is 9.59 Å². The van der Waals surface area contributed by atoms with Crippen molar-refractivity contribution in [3.63, 3.8) is 0 Å². The first kappa shape index (κ1) is 24.3. The molecule has 1 spiro atoms. The zero-order valence-electron chi connectivity index (χ0n) is 20.3. The van der Waals surface area contributed by atoms with E-state index in [0.717, 1.165) is 16.8 Å². The Morgan fingerprint density at radius 1 is 1.08 bits per heavy atom. The van der Waals surface area contributed by atoms with E-state index < -0.39 is 5.54 Å². The third kappa shape index (κ3) is 4.34. The second kappa shape index (κ2) is 9.57. The van der Waals surface area contributed by atoms with Gasteiger partial charge in [0.2, 0.25) is 5.82 Å². The van der Waals surface area contributed by atoms with Crippen LogP contribution in [-0.4, -0.2) is 65.0 Å². The molecule has 0 atom stereocenters. The molecular formula is C26H29ClN6O3. The molecule has 2 aliphatic rings. The maximum Gasteiger partial charge on any atom is 0.287 e. The molecule has 1 saturated heterocycles. The van der Waals surface area contributed by atoms with Crippen LogP contribution in [0.3, 0.4) is 0 Å². The topological polar surface area (TPSA) is 106 Å². The number of nitrogens with two attached hydrogens (primary N) is 1. The van der Waals surface area contributed by atoms with Gasteiger partial charge in [0.1, 0.15) is 5.54 Å². The standard InChI is InChI=1S/C26H29ClN6O3/c1-31(2)25(35)19-7-3-18(4-8-19)14-32-11-12-33-21(26(32)15-36-16-26)22(27)30-23(33)24(34)29-13-17-5-9-20(28)10-6-17/h3-10H,11-16,28H2,1-2H3,(H,29,34). The Bertz CT molecular complexity index is 1280. The van der Waals surface area contributed by atoms with Crippen LogP contribution in [0.4, 0.5) is 5.69 Å². The molecule has 36 heavy (non-hydrogen) atoms. The number of benzene rings is 2. The first-order valence-electron chi connectivity index (χ1n) is 11.8. The summed E-state index contributed by atoms with van der Waals surface area (Å²) in [6, 6.07) is 15.0. The zero-order chi connectivity index (χ0) is 25.4. The number of nitrogens with zero attached hydrogens (tertiary/aromatic N) is 4. The molecule has 0 radical (unpaired) electrons. The lowest BCUT2D eigenvalue weighted by Gasteiger charge is -2.52. The molecule has 0 bridgehead atoms. The minimum atomic E-state index is -0.448. The van der Waals surface area contributed by atoms with Crippen molar-refractivity contribution >= 4 is 29.1 Å². The summed E-state index contributed by atoms with van der Waals surface area (Å²) in [7, 11) is 3.48. The molecule has 1 fully saturated rings. The fourth-order valence-electron chi connectivity index (χ4n) is 4.82. The fourth-order valence-corrected chi connectivity index (χ4v) is 5.17. The summed E-state index contributed by atoms with van der Waals surface area (Å²) < 4.78 is 7.58. The van der Waals surface area contributed by atoms with Gasteiger partial charge >= 0.3 is 0 Å². The largest absolute Gasteiger partial charge is 0.399 e. The number of carbonyl (C=O) groups excluding carboxylic acids is 2. The molecular weight excluding hydrogens is 480 g/mol. The molecule has 9 nitrogen and oxygen atoms in total. The van der Waals surface area contributed by atoms with E-state index in [-0.39, 0.29) is 11.8 Å². The molecule has 10 heteroatoms. The Morgan fingerprint density at radius 2 is 1.75 bits per heavy atom. The number of nitrogens with one attached hydrogen (secondary N) is 1. The second-order valence-corrected chi connectivity index (χ2v) is 9.85. The summed E-state index contributed by atoms with van der Waals surface area (Å²) >= 11 is 6.64. The Hall–Kier alpha value is -3.40. The Morgan fingerprint density at radius 3 is 2.36 bits per heavy atom. The highest BCUT2D eigenvalue weighted by molar-refractivity contribution is 6.30. The molecule has 0 unspecified atom stereocenters. The highest BCUT2D eigenvalue weighted by Gasteiger charge is 2.52. The van der Waals surface area contributed by atoms with E-state index in [0.29, 0.717) is 61.6 Å². The first-order chi connectivity index (χ1) is 17.3. The molecule has 1 aromatic heterocycles. The van der Waals surface area contributed by atoms with Gasteiger partial charge in [0.05, 0.1) is 18.9 Å². The Kier molecular flexibility index (Phi) is 6.46. The highest BCUT2D eigenvalue weighted by atomic mass is 35.5. The van der Waals surface area contributed by atoms with Crippen LogP contribution in [0.25, 0.3) is 0 Å². The number of ether oxygens (including phenoxy) is 1. The molecule has 0 aliphatic carbocycles. The predicted molar refractivity (Wildman–Crippen MR) is 137 cm³/mol. The zero-order valence-corrected chi connectivity index (χ0v) is 21.1. The van der Waals surface area contributed by atoms with Gasteiger partial charge in [-0.25, -0.2) is 4.98 Å². The van der Waals surface area contributed by atoms with E-state index >= 15 is 0 Å². The van der Waals surface area contributed by atoms with Gasteiger partial charge in [-0.2, -0.15) is 0 Å². The first-order valence-corrected chi connectivity index (χ1v) is 12.2. The van der Waals surface area contributed by atoms with E-state index in [2.05, 4.69) is 15.2 Å². The number of aromatic nitrogens is 2. The molecule has 3 N–H and O–H groups in total. The molecule has 3 aromatic rings. The van der Waals surface area contributed by atoms with E-state index in [1.54, 1.807) is 31.1 Å². The van der Waals surface area contributed by atoms with Crippen LogP contribution < -0.4 is 11.1 Å². The summed E-state index contributed by atoms with van der Waals surface area (Å²) in [5, 5.41) is 3.26. The minimum absolute atomic E-state index is 0.0266. The number of halogens is 1. The third-order valence-electron chi connectivity index (χ3n) is 6.86. The summed E-state index contributed by atoms with van der Waals surface area (Å²) in [6.45, 7) is 3.27. The Balaban J connectivity index is 1.34. The average Bonchev–Trinajstić information content (AvgIpc) is 3.19. The van der Waals surface area contributed by atoms with E-state index in [4.69, 9.17) is 22.1 Å². The monoisotopic (exact) mass is 508 g/mol. The van der Waals surface area contributed by atoms with Crippen LogP contribution in [0.1, 0.15) is 37.8 Å². The van der Waals surface area contributed by atoms with Gasteiger partial charge in [-0.1, -0.05) is 35.9 Å². The number of imidazole rings is 1. The molecule has 5 rings (SSSR count).